The topological polar surface area (TPSA) is 9.23 Å². The molecular formula is C20H29IO. The molecule has 0 aliphatic heterocycles. The molecule has 2 fully saturated rings. The van der Waals surface area contributed by atoms with Crippen molar-refractivity contribution in [1.82, 2.24) is 0 Å². The van der Waals surface area contributed by atoms with E-state index in [0.29, 0.717) is 3.92 Å². The second kappa shape index (κ2) is 7.55. The van der Waals surface area contributed by atoms with Crippen LogP contribution in [-0.4, -0.2) is 5.60 Å². The predicted molar refractivity (Wildman–Crippen MR) is 102 cm³/mol. The van der Waals surface area contributed by atoms with Crippen molar-refractivity contribution in [2.24, 2.45) is 5.92 Å². The molecule has 2 aliphatic carbocycles. The minimum Gasteiger partial charge on any atom is -0.487 e. The predicted octanol–water partition coefficient (Wildman–Crippen LogP) is 6.84. The van der Waals surface area contributed by atoms with Crippen molar-refractivity contribution in [3.8, 4) is 5.75 Å². The summed E-state index contributed by atoms with van der Waals surface area (Å²) in [7, 11) is 0. The average molecular weight is 412 g/mol. The second-order valence-corrected chi connectivity index (χ2v) is 8.66. The van der Waals surface area contributed by atoms with Gasteiger partial charge in [-0.15, -0.1) is 0 Å². The monoisotopic (exact) mass is 412 g/mol. The van der Waals surface area contributed by atoms with E-state index in [2.05, 4.69) is 53.8 Å². The maximum absolute atomic E-state index is 6.69. The van der Waals surface area contributed by atoms with Gasteiger partial charge in [0, 0.05) is 3.92 Å². The minimum absolute atomic E-state index is 0.144. The zero-order chi connectivity index (χ0) is 15.4. The van der Waals surface area contributed by atoms with Crippen molar-refractivity contribution in [3.63, 3.8) is 0 Å². The first-order valence-corrected chi connectivity index (χ1v) is 10.4. The lowest BCUT2D eigenvalue weighted by Crippen LogP contribution is -2.44. The highest BCUT2D eigenvalue weighted by molar-refractivity contribution is 14.1. The lowest BCUT2D eigenvalue weighted by molar-refractivity contribution is -0.0227. The molecule has 2 aliphatic rings. The molecule has 0 aromatic heterocycles. The average Bonchev–Trinajstić information content (AvgIpc) is 3.11. The molecule has 1 atom stereocenters. The maximum atomic E-state index is 6.69. The molecule has 1 aromatic rings. The maximum Gasteiger partial charge on any atom is 0.120 e. The van der Waals surface area contributed by atoms with Crippen molar-refractivity contribution in [2.75, 3.05) is 0 Å². The van der Waals surface area contributed by atoms with Crippen LogP contribution in [0, 0.1) is 5.92 Å². The van der Waals surface area contributed by atoms with E-state index in [9.17, 15) is 0 Å². The van der Waals surface area contributed by atoms with Gasteiger partial charge in [0.15, 0.2) is 0 Å². The Morgan fingerprint density at radius 3 is 2.27 bits per heavy atom. The summed E-state index contributed by atoms with van der Waals surface area (Å²) in [6, 6.07) is 8.95. The third-order valence-corrected chi connectivity index (χ3v) is 7.32. The van der Waals surface area contributed by atoms with Crippen LogP contribution in [0.5, 0.6) is 5.75 Å². The largest absolute Gasteiger partial charge is 0.487 e. The fraction of sp³-hybridized carbons (Fsp3) is 0.700. The van der Waals surface area contributed by atoms with Gasteiger partial charge in [0.05, 0.1) is 0 Å². The lowest BCUT2D eigenvalue weighted by Gasteiger charge is -2.42. The van der Waals surface area contributed by atoms with Crippen molar-refractivity contribution >= 4 is 22.6 Å². The zero-order valence-corrected chi connectivity index (χ0v) is 16.0. The van der Waals surface area contributed by atoms with Crippen molar-refractivity contribution < 1.29 is 4.74 Å². The van der Waals surface area contributed by atoms with Gasteiger partial charge in [-0.25, -0.2) is 0 Å². The van der Waals surface area contributed by atoms with E-state index >= 15 is 0 Å². The highest BCUT2D eigenvalue weighted by Crippen LogP contribution is 2.45. The van der Waals surface area contributed by atoms with Gasteiger partial charge in [-0.3, -0.25) is 0 Å². The van der Waals surface area contributed by atoms with Crippen LogP contribution in [0.3, 0.4) is 0 Å². The fourth-order valence-electron chi connectivity index (χ4n) is 4.41. The Balaban J connectivity index is 1.75. The molecular weight excluding hydrogens is 383 g/mol. The molecule has 0 amide bonds. The van der Waals surface area contributed by atoms with E-state index in [1.165, 1.54) is 69.8 Å². The van der Waals surface area contributed by atoms with Crippen LogP contribution in [0.4, 0.5) is 0 Å². The van der Waals surface area contributed by atoms with E-state index in [4.69, 9.17) is 4.74 Å². The van der Waals surface area contributed by atoms with Gasteiger partial charge in [-0.05, 0) is 68.6 Å². The fourth-order valence-corrected chi connectivity index (χ4v) is 4.83. The number of alkyl halides is 1. The third kappa shape index (κ3) is 3.63. The highest BCUT2D eigenvalue weighted by atomic mass is 127. The number of benzene rings is 1. The van der Waals surface area contributed by atoms with Crippen molar-refractivity contribution in [1.29, 1.82) is 0 Å². The van der Waals surface area contributed by atoms with E-state index in [0.717, 1.165) is 11.7 Å². The van der Waals surface area contributed by atoms with Gasteiger partial charge in [-0.1, -0.05) is 60.9 Å². The molecule has 0 spiro atoms. The molecule has 1 aromatic carbocycles. The van der Waals surface area contributed by atoms with E-state index in [-0.39, 0.29) is 5.60 Å². The summed E-state index contributed by atoms with van der Waals surface area (Å²) in [4.78, 5) is 0. The molecule has 0 bridgehead atoms. The van der Waals surface area contributed by atoms with Crippen LogP contribution in [0.1, 0.15) is 80.6 Å². The van der Waals surface area contributed by atoms with Crippen LogP contribution in [0.2, 0.25) is 0 Å². The van der Waals surface area contributed by atoms with E-state index in [1.807, 2.05) is 0 Å². The molecule has 3 rings (SSSR count). The summed E-state index contributed by atoms with van der Waals surface area (Å²) < 4.78 is 7.31. The van der Waals surface area contributed by atoms with Crippen LogP contribution >= 0.6 is 22.6 Å². The first-order valence-electron chi connectivity index (χ1n) is 9.16. The van der Waals surface area contributed by atoms with E-state index < -0.39 is 0 Å². The lowest BCUT2D eigenvalue weighted by atomic mass is 9.74. The van der Waals surface area contributed by atoms with Crippen LogP contribution in [0.25, 0.3) is 0 Å². The quantitative estimate of drug-likeness (QED) is 0.380. The summed E-state index contributed by atoms with van der Waals surface area (Å²) in [5, 5.41) is 0. The number of hydrogen-bond acceptors (Lipinski definition) is 1. The summed E-state index contributed by atoms with van der Waals surface area (Å²) in [5.41, 5.74) is 1.57. The van der Waals surface area contributed by atoms with Crippen LogP contribution in [-0.2, 0) is 0 Å². The SMILES string of the molecule is CCC(I)c1ccc(OC2(C3CCCC3)CCCCC2)cc1. The second-order valence-electron chi connectivity index (χ2n) is 7.15. The summed E-state index contributed by atoms with van der Waals surface area (Å²) >= 11 is 2.53. The molecule has 0 radical (unpaired) electrons. The Hall–Kier alpha value is -0.250. The van der Waals surface area contributed by atoms with Gasteiger partial charge < -0.3 is 4.74 Å². The van der Waals surface area contributed by atoms with Gasteiger partial charge in [0.25, 0.3) is 0 Å². The van der Waals surface area contributed by atoms with Gasteiger partial charge >= 0.3 is 0 Å². The molecule has 122 valence electrons. The Bertz CT molecular complexity index is 455. The number of halogens is 1. The number of rotatable bonds is 5. The summed E-state index contributed by atoms with van der Waals surface area (Å²) in [5.74, 6) is 1.89. The smallest absolute Gasteiger partial charge is 0.120 e. The third-order valence-electron chi connectivity index (χ3n) is 5.72. The molecule has 0 saturated heterocycles. The number of ether oxygens (including phenoxy) is 1. The Labute approximate surface area is 149 Å². The Kier molecular flexibility index (Phi) is 5.69. The highest BCUT2D eigenvalue weighted by Gasteiger charge is 2.42. The van der Waals surface area contributed by atoms with Crippen molar-refractivity contribution in [2.45, 2.75) is 80.7 Å². The zero-order valence-electron chi connectivity index (χ0n) is 13.8. The standard InChI is InChI=1S/C20H29IO/c1-2-19(21)16-10-12-18(13-11-16)22-20(14-6-3-7-15-20)17-8-4-5-9-17/h10-13,17,19H,2-9,14-15H2,1H3. The summed E-state index contributed by atoms with van der Waals surface area (Å²) in [6.45, 7) is 2.25. The van der Waals surface area contributed by atoms with Gasteiger partial charge in [-0.2, -0.15) is 0 Å². The first kappa shape index (κ1) is 16.6. The van der Waals surface area contributed by atoms with Crippen LogP contribution < -0.4 is 4.74 Å². The molecule has 1 nitrogen and oxygen atoms in total. The molecule has 2 saturated carbocycles. The molecule has 2 heteroatoms. The van der Waals surface area contributed by atoms with Crippen molar-refractivity contribution in [3.05, 3.63) is 29.8 Å². The first-order chi connectivity index (χ1) is 10.7. The van der Waals surface area contributed by atoms with Gasteiger partial charge in [0.1, 0.15) is 11.4 Å². The summed E-state index contributed by atoms with van der Waals surface area (Å²) in [6.07, 6.45) is 13.4. The Morgan fingerprint density at radius 2 is 1.68 bits per heavy atom. The van der Waals surface area contributed by atoms with Crippen LogP contribution in [0.15, 0.2) is 24.3 Å². The molecule has 22 heavy (non-hydrogen) atoms. The number of hydrogen-bond donors (Lipinski definition) is 0. The van der Waals surface area contributed by atoms with Gasteiger partial charge in [0.2, 0.25) is 0 Å². The minimum atomic E-state index is 0.144. The normalized spacial score (nSPS) is 23.4. The van der Waals surface area contributed by atoms with E-state index in [1.54, 1.807) is 0 Å². The Morgan fingerprint density at radius 1 is 1.05 bits per heavy atom. The molecule has 1 unspecified atom stereocenters. The molecule has 0 N–H and O–H groups in total. The molecule has 0 heterocycles.